The minimum Gasteiger partial charge on any atom is -0.309 e. The fraction of sp³-hybridized carbons (Fsp3) is 0.0526. The molecular formula is C57H40N2. The van der Waals surface area contributed by atoms with E-state index < -0.39 is 0 Å². The molecule has 278 valence electrons. The predicted octanol–water partition coefficient (Wildman–Crippen LogP) is 15.2. The molecule has 0 radical (unpaired) electrons. The monoisotopic (exact) mass is 752 g/mol. The largest absolute Gasteiger partial charge is 0.309 e. The fourth-order valence-corrected chi connectivity index (χ4v) is 10.0. The van der Waals surface area contributed by atoms with Gasteiger partial charge in [0.2, 0.25) is 0 Å². The van der Waals surface area contributed by atoms with E-state index in [0.717, 1.165) is 11.4 Å². The van der Waals surface area contributed by atoms with Crippen molar-refractivity contribution in [2.24, 2.45) is 0 Å². The minimum atomic E-state index is -0.101. The molecule has 0 spiro atoms. The Labute approximate surface area is 343 Å². The van der Waals surface area contributed by atoms with E-state index in [2.05, 4.69) is 229 Å². The lowest BCUT2D eigenvalue weighted by Crippen LogP contribution is -2.14. The molecule has 59 heavy (non-hydrogen) atoms. The zero-order chi connectivity index (χ0) is 39.2. The van der Waals surface area contributed by atoms with Crippen LogP contribution in [0.4, 0.5) is 0 Å². The van der Waals surface area contributed by atoms with Crippen LogP contribution in [0.1, 0.15) is 25.0 Å². The van der Waals surface area contributed by atoms with Gasteiger partial charge >= 0.3 is 0 Å². The first-order valence-electron chi connectivity index (χ1n) is 20.6. The Bertz CT molecular complexity index is 3450. The third-order valence-electron chi connectivity index (χ3n) is 12.9. The number of hydrogen-bond acceptors (Lipinski definition) is 0. The van der Waals surface area contributed by atoms with Crippen molar-refractivity contribution in [3.63, 3.8) is 0 Å². The van der Waals surface area contributed by atoms with Gasteiger partial charge in [0.15, 0.2) is 0 Å². The van der Waals surface area contributed by atoms with Crippen LogP contribution in [-0.2, 0) is 5.41 Å². The number of para-hydroxylation sites is 1. The first-order valence-corrected chi connectivity index (χ1v) is 20.6. The van der Waals surface area contributed by atoms with Gasteiger partial charge in [-0.15, -0.1) is 0 Å². The summed E-state index contributed by atoms with van der Waals surface area (Å²) in [5.74, 6) is 0. The van der Waals surface area contributed by atoms with Crippen molar-refractivity contribution in [2.75, 3.05) is 0 Å². The first-order chi connectivity index (χ1) is 29.0. The minimum absolute atomic E-state index is 0.101. The Kier molecular flexibility index (Phi) is 7.31. The Hall–Kier alpha value is -7.42. The van der Waals surface area contributed by atoms with Crippen molar-refractivity contribution in [1.29, 1.82) is 0 Å². The molecule has 1 aliphatic rings. The molecule has 2 heteroatoms. The molecule has 9 aromatic carbocycles. The van der Waals surface area contributed by atoms with Crippen molar-refractivity contribution >= 4 is 43.6 Å². The van der Waals surface area contributed by atoms with E-state index in [-0.39, 0.29) is 5.41 Å². The number of fused-ring (bicyclic) bond motifs is 9. The van der Waals surface area contributed by atoms with Gasteiger partial charge in [-0.3, -0.25) is 0 Å². The molecule has 1 aliphatic carbocycles. The molecule has 2 aromatic heterocycles. The number of nitrogens with zero attached hydrogens (tertiary/aromatic N) is 2. The molecule has 0 aliphatic heterocycles. The van der Waals surface area contributed by atoms with Crippen LogP contribution in [0.3, 0.4) is 0 Å². The molecule has 2 heterocycles. The van der Waals surface area contributed by atoms with Crippen molar-refractivity contribution in [3.8, 4) is 55.9 Å². The third kappa shape index (κ3) is 5.13. The summed E-state index contributed by atoms with van der Waals surface area (Å²) in [6.45, 7) is 4.75. The van der Waals surface area contributed by atoms with E-state index in [0.29, 0.717) is 0 Å². The summed E-state index contributed by atoms with van der Waals surface area (Å²) in [7, 11) is 0. The second-order valence-corrected chi connectivity index (χ2v) is 16.6. The standard InChI is InChI=1S/C57H40N2/c1-57(2)51-25-11-9-23-45(51)47-35-50-49-34-42(28-30-55(49)59(56(50)36-52(47)57)44-22-14-20-40(32-44)38-17-7-4-8-18-38)41-27-29-54-48(33-41)46-24-10-12-26-53(46)58(54)43-21-13-19-39(31-43)37-15-5-3-6-16-37/h3-36H,1-2H3. The molecule has 0 unspecified atom stereocenters. The van der Waals surface area contributed by atoms with Crippen LogP contribution in [0, 0.1) is 0 Å². The number of hydrogen-bond donors (Lipinski definition) is 0. The maximum absolute atomic E-state index is 2.49. The molecule has 0 atom stereocenters. The predicted molar refractivity (Wildman–Crippen MR) is 249 cm³/mol. The molecule has 0 fully saturated rings. The topological polar surface area (TPSA) is 9.86 Å². The van der Waals surface area contributed by atoms with Crippen LogP contribution in [0.15, 0.2) is 206 Å². The van der Waals surface area contributed by atoms with Crippen molar-refractivity contribution in [3.05, 3.63) is 217 Å². The molecule has 0 N–H and O–H groups in total. The quantitative estimate of drug-likeness (QED) is 0.166. The summed E-state index contributed by atoms with van der Waals surface area (Å²) in [5, 5.41) is 5.03. The van der Waals surface area contributed by atoms with Gasteiger partial charge in [-0.1, -0.05) is 153 Å². The van der Waals surface area contributed by atoms with E-state index in [9.17, 15) is 0 Å². The van der Waals surface area contributed by atoms with Gasteiger partial charge < -0.3 is 9.13 Å². The normalized spacial score (nSPS) is 13.1. The van der Waals surface area contributed by atoms with Crippen LogP contribution in [-0.4, -0.2) is 9.13 Å². The lowest BCUT2D eigenvalue weighted by atomic mass is 9.82. The zero-order valence-corrected chi connectivity index (χ0v) is 33.0. The highest BCUT2D eigenvalue weighted by Crippen LogP contribution is 2.51. The Morgan fingerprint density at radius 1 is 0.288 bits per heavy atom. The zero-order valence-electron chi connectivity index (χ0n) is 33.0. The fourth-order valence-electron chi connectivity index (χ4n) is 10.0. The maximum atomic E-state index is 2.49. The molecule has 0 bridgehead atoms. The molecular weight excluding hydrogens is 713 g/mol. The average molecular weight is 753 g/mol. The number of rotatable bonds is 5. The highest BCUT2D eigenvalue weighted by Gasteiger charge is 2.36. The van der Waals surface area contributed by atoms with Crippen LogP contribution >= 0.6 is 0 Å². The highest BCUT2D eigenvalue weighted by molar-refractivity contribution is 6.14. The summed E-state index contributed by atoms with van der Waals surface area (Å²) in [6, 6.07) is 76.1. The van der Waals surface area contributed by atoms with E-state index in [4.69, 9.17) is 0 Å². The van der Waals surface area contributed by atoms with Crippen molar-refractivity contribution in [1.82, 2.24) is 9.13 Å². The van der Waals surface area contributed by atoms with Gasteiger partial charge in [-0.2, -0.15) is 0 Å². The Morgan fingerprint density at radius 3 is 1.41 bits per heavy atom. The average Bonchev–Trinajstić information content (AvgIpc) is 3.88. The lowest BCUT2D eigenvalue weighted by Gasteiger charge is -2.21. The van der Waals surface area contributed by atoms with Crippen molar-refractivity contribution in [2.45, 2.75) is 19.3 Å². The molecule has 0 amide bonds. The van der Waals surface area contributed by atoms with Crippen molar-refractivity contribution < 1.29 is 0 Å². The molecule has 12 rings (SSSR count). The molecule has 11 aromatic rings. The van der Waals surface area contributed by atoms with Crippen LogP contribution in [0.5, 0.6) is 0 Å². The summed E-state index contributed by atoms with van der Waals surface area (Å²) < 4.78 is 4.90. The first kappa shape index (κ1) is 33.7. The Balaban J connectivity index is 1.06. The van der Waals surface area contributed by atoms with Gasteiger partial charge in [-0.25, -0.2) is 0 Å². The van der Waals surface area contributed by atoms with Gasteiger partial charge in [0.1, 0.15) is 0 Å². The second-order valence-electron chi connectivity index (χ2n) is 16.6. The maximum Gasteiger partial charge on any atom is 0.0544 e. The lowest BCUT2D eigenvalue weighted by molar-refractivity contribution is 0.661. The SMILES string of the molecule is CC1(C)c2ccccc2-c2cc3c4cc(-c5ccc6c(c5)c5ccccc5n6-c5cccc(-c6ccccc6)c5)ccc4n(-c4cccc(-c5ccccc5)c4)c3cc21. The van der Waals surface area contributed by atoms with E-state index in [1.807, 2.05) is 0 Å². The molecule has 2 nitrogen and oxygen atoms in total. The second kappa shape index (κ2) is 12.8. The van der Waals surface area contributed by atoms with Gasteiger partial charge in [0.05, 0.1) is 22.1 Å². The van der Waals surface area contributed by atoms with E-state index in [1.54, 1.807) is 0 Å². The van der Waals surface area contributed by atoms with Gasteiger partial charge in [0, 0.05) is 38.3 Å². The van der Waals surface area contributed by atoms with Crippen LogP contribution in [0.2, 0.25) is 0 Å². The summed E-state index contributed by atoms with van der Waals surface area (Å²) >= 11 is 0. The highest BCUT2D eigenvalue weighted by atomic mass is 15.0. The third-order valence-corrected chi connectivity index (χ3v) is 12.9. The van der Waals surface area contributed by atoms with E-state index in [1.165, 1.54) is 99.2 Å². The molecule has 0 saturated heterocycles. The van der Waals surface area contributed by atoms with Gasteiger partial charge in [0.25, 0.3) is 0 Å². The number of aromatic nitrogens is 2. The summed E-state index contributed by atoms with van der Waals surface area (Å²) in [4.78, 5) is 0. The number of benzene rings is 9. The van der Waals surface area contributed by atoms with Gasteiger partial charge in [-0.05, 0) is 122 Å². The summed E-state index contributed by atoms with van der Waals surface area (Å²) in [5.41, 5.74) is 19.8. The molecule has 0 saturated carbocycles. The van der Waals surface area contributed by atoms with Crippen LogP contribution < -0.4 is 0 Å². The smallest absolute Gasteiger partial charge is 0.0544 e. The summed E-state index contributed by atoms with van der Waals surface area (Å²) in [6.07, 6.45) is 0. The van der Waals surface area contributed by atoms with E-state index >= 15 is 0 Å². The Morgan fingerprint density at radius 2 is 0.763 bits per heavy atom. The van der Waals surface area contributed by atoms with Crippen LogP contribution in [0.25, 0.3) is 99.5 Å².